The largest absolute Gasteiger partial charge is 0.460 e. The molecule has 4 heteroatoms. The molecule has 1 unspecified atom stereocenters. The maximum atomic E-state index is 12.4. The Balaban J connectivity index is 2.04. The molecule has 0 saturated heterocycles. The topological polar surface area (TPSA) is 35.5 Å². The molecule has 1 aliphatic rings. The van der Waals surface area contributed by atoms with E-state index < -0.39 is 8.32 Å². The lowest BCUT2D eigenvalue weighted by molar-refractivity contribution is -0.142. The number of carbonyl (C=O) groups is 1. The van der Waals surface area contributed by atoms with Gasteiger partial charge in [0, 0.05) is 6.08 Å². The molecule has 0 radical (unpaired) electrons. The summed E-state index contributed by atoms with van der Waals surface area (Å²) in [5.74, 6) is -0.269. The zero-order chi connectivity index (χ0) is 23.0. The van der Waals surface area contributed by atoms with Gasteiger partial charge in [0.1, 0.15) is 0 Å². The van der Waals surface area contributed by atoms with Crippen molar-refractivity contribution in [3.05, 3.63) is 72.8 Å². The Labute approximate surface area is 195 Å². The lowest BCUT2D eigenvalue weighted by atomic mass is 10.1. The zero-order valence-corrected chi connectivity index (χ0v) is 21.1. The molecule has 2 aromatic rings. The highest BCUT2D eigenvalue weighted by Crippen LogP contribution is 2.38. The standard InChI is InChI=1S/C28H38O3Si/c1-23-15-9-5-6-10-16-24(21-22-27(29)30-23)31-32(28(2,3)4,25-17-11-7-12-18-25)26-19-13-8-14-20-26/h7-8,11-14,17-24H,5-6,9-10,15-16H2,1-4H3/b22-21+/t23?,24-/m1/s1. The Morgan fingerprint density at radius 2 is 1.38 bits per heavy atom. The lowest BCUT2D eigenvalue weighted by Gasteiger charge is -2.45. The van der Waals surface area contributed by atoms with Gasteiger partial charge in [-0.1, -0.05) is 101 Å². The predicted octanol–water partition coefficient (Wildman–Crippen LogP) is 5.77. The molecule has 0 spiro atoms. The molecule has 0 fully saturated rings. The van der Waals surface area contributed by atoms with E-state index in [4.69, 9.17) is 9.16 Å². The van der Waals surface area contributed by atoms with Gasteiger partial charge in [-0.25, -0.2) is 4.79 Å². The molecular formula is C28H38O3Si. The number of ether oxygens (including phenoxy) is 1. The van der Waals surface area contributed by atoms with E-state index in [9.17, 15) is 4.79 Å². The first-order valence-electron chi connectivity index (χ1n) is 12.0. The van der Waals surface area contributed by atoms with Crippen LogP contribution >= 0.6 is 0 Å². The molecule has 0 amide bonds. The Hall–Kier alpha value is -2.17. The summed E-state index contributed by atoms with van der Waals surface area (Å²) >= 11 is 0. The summed E-state index contributed by atoms with van der Waals surface area (Å²) in [4.78, 5) is 12.4. The predicted molar refractivity (Wildman–Crippen MR) is 135 cm³/mol. The van der Waals surface area contributed by atoms with Crippen molar-refractivity contribution in [1.29, 1.82) is 0 Å². The van der Waals surface area contributed by atoms with Crippen LogP contribution in [0.25, 0.3) is 0 Å². The monoisotopic (exact) mass is 450 g/mol. The zero-order valence-electron chi connectivity index (χ0n) is 20.1. The lowest BCUT2D eigenvalue weighted by Crippen LogP contribution is -2.67. The van der Waals surface area contributed by atoms with Crippen LogP contribution in [-0.2, 0) is 14.0 Å². The van der Waals surface area contributed by atoms with E-state index in [1.807, 2.05) is 13.0 Å². The highest BCUT2D eigenvalue weighted by molar-refractivity contribution is 6.99. The Morgan fingerprint density at radius 1 is 0.844 bits per heavy atom. The molecule has 2 aromatic carbocycles. The van der Waals surface area contributed by atoms with Crippen molar-refractivity contribution in [1.82, 2.24) is 0 Å². The van der Waals surface area contributed by atoms with Gasteiger partial charge in [0.25, 0.3) is 8.32 Å². The van der Waals surface area contributed by atoms with Crippen molar-refractivity contribution in [2.75, 3.05) is 0 Å². The van der Waals surface area contributed by atoms with Gasteiger partial charge in [0.05, 0.1) is 12.2 Å². The van der Waals surface area contributed by atoms with Crippen LogP contribution in [0.1, 0.15) is 66.2 Å². The number of esters is 1. The Morgan fingerprint density at radius 3 is 1.91 bits per heavy atom. The third-order valence-corrected chi connectivity index (χ3v) is 11.4. The number of benzene rings is 2. The second kappa shape index (κ2) is 11.1. The molecule has 3 rings (SSSR count). The molecule has 32 heavy (non-hydrogen) atoms. The van der Waals surface area contributed by atoms with E-state index >= 15 is 0 Å². The summed E-state index contributed by atoms with van der Waals surface area (Å²) in [5, 5.41) is 2.42. The van der Waals surface area contributed by atoms with Crippen LogP contribution in [0, 0.1) is 0 Å². The van der Waals surface area contributed by atoms with Gasteiger partial charge in [0.2, 0.25) is 0 Å². The summed E-state index contributed by atoms with van der Waals surface area (Å²) in [6.07, 6.45) is 9.72. The van der Waals surface area contributed by atoms with Crippen molar-refractivity contribution in [3.63, 3.8) is 0 Å². The quantitative estimate of drug-likeness (QED) is 0.438. The molecule has 0 N–H and O–H groups in total. The van der Waals surface area contributed by atoms with Crippen LogP contribution in [0.3, 0.4) is 0 Å². The number of rotatable bonds is 4. The van der Waals surface area contributed by atoms with E-state index in [2.05, 4.69) is 81.4 Å². The van der Waals surface area contributed by atoms with Crippen LogP contribution < -0.4 is 10.4 Å². The second-order valence-corrected chi connectivity index (χ2v) is 14.2. The first-order valence-corrected chi connectivity index (χ1v) is 13.9. The highest BCUT2D eigenvalue weighted by atomic mass is 28.4. The molecule has 172 valence electrons. The molecule has 0 saturated carbocycles. The minimum Gasteiger partial charge on any atom is -0.460 e. The molecule has 1 heterocycles. The molecular weight excluding hydrogens is 412 g/mol. The normalized spacial score (nSPS) is 22.3. The fourth-order valence-electron chi connectivity index (χ4n) is 4.73. The van der Waals surface area contributed by atoms with Crippen molar-refractivity contribution in [2.24, 2.45) is 0 Å². The highest BCUT2D eigenvalue weighted by Gasteiger charge is 2.51. The third-order valence-electron chi connectivity index (χ3n) is 6.36. The maximum Gasteiger partial charge on any atom is 0.330 e. The first-order chi connectivity index (χ1) is 15.3. The van der Waals surface area contributed by atoms with Gasteiger partial charge in [-0.3, -0.25) is 0 Å². The molecule has 0 bridgehead atoms. The summed E-state index contributed by atoms with van der Waals surface area (Å²) in [5.41, 5.74) is 0. The summed E-state index contributed by atoms with van der Waals surface area (Å²) in [7, 11) is -2.67. The Bertz CT molecular complexity index is 831. The average molecular weight is 451 g/mol. The number of hydrogen-bond donors (Lipinski definition) is 0. The summed E-state index contributed by atoms with van der Waals surface area (Å²) in [6.45, 7) is 8.84. The smallest absolute Gasteiger partial charge is 0.330 e. The van der Waals surface area contributed by atoms with E-state index in [1.54, 1.807) is 6.08 Å². The summed E-state index contributed by atoms with van der Waals surface area (Å²) in [6, 6.07) is 21.4. The minimum atomic E-state index is -2.67. The average Bonchev–Trinajstić information content (AvgIpc) is 2.77. The SMILES string of the molecule is CC1CCCCCC[C@@H](O[Si](c2ccccc2)(c2ccccc2)C(C)(C)C)/C=C/C(=O)O1. The van der Waals surface area contributed by atoms with Crippen molar-refractivity contribution in [2.45, 2.75) is 83.5 Å². The third kappa shape index (κ3) is 5.99. The van der Waals surface area contributed by atoms with Gasteiger partial charge in [-0.2, -0.15) is 0 Å². The summed E-state index contributed by atoms with van der Waals surface area (Å²) < 4.78 is 12.8. The van der Waals surface area contributed by atoms with Gasteiger partial charge < -0.3 is 9.16 Å². The van der Waals surface area contributed by atoms with Crippen molar-refractivity contribution in [3.8, 4) is 0 Å². The van der Waals surface area contributed by atoms with Crippen LogP contribution in [0.5, 0.6) is 0 Å². The van der Waals surface area contributed by atoms with Crippen LogP contribution in [0.15, 0.2) is 72.8 Å². The fourth-order valence-corrected chi connectivity index (χ4v) is 9.39. The van der Waals surface area contributed by atoms with E-state index in [0.29, 0.717) is 0 Å². The van der Waals surface area contributed by atoms with E-state index in [-0.39, 0.29) is 23.2 Å². The fraction of sp³-hybridized carbons (Fsp3) is 0.464. The minimum absolute atomic E-state index is 0.0392. The second-order valence-electron chi connectivity index (χ2n) is 9.92. The Kier molecular flexibility index (Phi) is 8.49. The molecule has 2 atom stereocenters. The maximum absolute atomic E-state index is 12.4. The van der Waals surface area contributed by atoms with Gasteiger partial charge in [0.15, 0.2) is 0 Å². The number of carbonyl (C=O) groups excluding carboxylic acids is 1. The first kappa shape index (κ1) is 24.5. The van der Waals surface area contributed by atoms with Crippen LogP contribution in [0.2, 0.25) is 5.04 Å². The van der Waals surface area contributed by atoms with Crippen molar-refractivity contribution < 1.29 is 14.0 Å². The van der Waals surface area contributed by atoms with Gasteiger partial charge in [-0.05, 0) is 47.7 Å². The van der Waals surface area contributed by atoms with Gasteiger partial charge >= 0.3 is 5.97 Å². The molecule has 1 aliphatic heterocycles. The van der Waals surface area contributed by atoms with E-state index in [1.165, 1.54) is 16.8 Å². The van der Waals surface area contributed by atoms with Crippen LogP contribution in [0.4, 0.5) is 0 Å². The molecule has 0 aliphatic carbocycles. The van der Waals surface area contributed by atoms with Gasteiger partial charge in [-0.15, -0.1) is 0 Å². The number of cyclic esters (lactones) is 1. The molecule has 3 nitrogen and oxygen atoms in total. The van der Waals surface area contributed by atoms with Crippen LogP contribution in [-0.4, -0.2) is 26.5 Å². The molecule has 0 aromatic heterocycles. The number of hydrogen-bond acceptors (Lipinski definition) is 3. The van der Waals surface area contributed by atoms with Crippen molar-refractivity contribution >= 4 is 24.7 Å². The van der Waals surface area contributed by atoms with E-state index in [0.717, 1.165) is 32.1 Å².